The van der Waals surface area contributed by atoms with Gasteiger partial charge in [-0.2, -0.15) is 0 Å². The van der Waals surface area contributed by atoms with E-state index in [2.05, 4.69) is 4.98 Å². The van der Waals surface area contributed by atoms with Gasteiger partial charge in [0.05, 0.1) is 15.2 Å². The Balaban J connectivity index is 1.90. The van der Waals surface area contributed by atoms with Crippen molar-refractivity contribution in [2.45, 2.75) is 37.6 Å². The van der Waals surface area contributed by atoms with E-state index < -0.39 is 0 Å². The Morgan fingerprint density at radius 2 is 2.12 bits per heavy atom. The maximum Gasteiger partial charge on any atom is 0.0956 e. The highest BCUT2D eigenvalue weighted by Crippen LogP contribution is 2.33. The van der Waals surface area contributed by atoms with Crippen molar-refractivity contribution < 1.29 is 0 Å². The van der Waals surface area contributed by atoms with E-state index in [0.29, 0.717) is 0 Å². The van der Waals surface area contributed by atoms with Gasteiger partial charge in [-0.1, -0.05) is 24.4 Å². The zero-order valence-corrected chi connectivity index (χ0v) is 11.2. The van der Waals surface area contributed by atoms with Crippen LogP contribution in [0.1, 0.15) is 30.7 Å². The van der Waals surface area contributed by atoms with E-state index in [1.54, 1.807) is 11.3 Å². The van der Waals surface area contributed by atoms with Gasteiger partial charge in [0.25, 0.3) is 0 Å². The summed E-state index contributed by atoms with van der Waals surface area (Å²) >= 11 is 7.70. The zero-order chi connectivity index (χ0) is 11.9. The quantitative estimate of drug-likeness (QED) is 0.899. The molecule has 0 spiro atoms. The Labute approximate surface area is 110 Å². The van der Waals surface area contributed by atoms with Gasteiger partial charge in [0.15, 0.2) is 0 Å². The van der Waals surface area contributed by atoms with Gasteiger partial charge in [-0.3, -0.25) is 0 Å². The first-order chi connectivity index (χ1) is 8.15. The molecule has 17 heavy (non-hydrogen) atoms. The first kappa shape index (κ1) is 11.5. The lowest BCUT2D eigenvalue weighted by Crippen LogP contribution is -2.38. The molecule has 1 aromatic carbocycles. The predicted molar refractivity (Wildman–Crippen MR) is 73.7 cm³/mol. The summed E-state index contributed by atoms with van der Waals surface area (Å²) in [7, 11) is 0. The fraction of sp³-hybridized carbons (Fsp3) is 0.462. The molecule has 0 amide bonds. The van der Waals surface area contributed by atoms with Crippen molar-refractivity contribution in [1.82, 2.24) is 4.98 Å². The van der Waals surface area contributed by atoms with E-state index in [1.165, 1.54) is 12.8 Å². The second-order valence-corrected chi connectivity index (χ2v) is 6.52. The number of aromatic nitrogens is 1. The van der Waals surface area contributed by atoms with Gasteiger partial charge in [-0.15, -0.1) is 11.3 Å². The summed E-state index contributed by atoms with van der Waals surface area (Å²) in [6, 6.07) is 5.85. The van der Waals surface area contributed by atoms with Crippen molar-refractivity contribution in [3.8, 4) is 0 Å². The molecule has 90 valence electrons. The molecular weight excluding hydrogens is 252 g/mol. The molecule has 0 radical (unpaired) electrons. The topological polar surface area (TPSA) is 38.9 Å². The van der Waals surface area contributed by atoms with Crippen molar-refractivity contribution in [2.24, 2.45) is 5.73 Å². The number of hydrogen-bond donors (Lipinski definition) is 1. The van der Waals surface area contributed by atoms with Crippen LogP contribution in [-0.2, 0) is 6.42 Å². The number of nitrogens with zero attached hydrogens (tertiary/aromatic N) is 1. The maximum atomic E-state index is 6.38. The van der Waals surface area contributed by atoms with Crippen LogP contribution in [0, 0.1) is 0 Å². The van der Waals surface area contributed by atoms with Gasteiger partial charge in [-0.05, 0) is 31.0 Å². The Kier molecular flexibility index (Phi) is 2.85. The minimum atomic E-state index is -0.0162. The molecule has 2 nitrogen and oxygen atoms in total. The van der Waals surface area contributed by atoms with Gasteiger partial charge in [0.2, 0.25) is 0 Å². The molecule has 1 fully saturated rings. The molecular formula is C13H15ClN2S. The third kappa shape index (κ3) is 2.32. The van der Waals surface area contributed by atoms with Crippen LogP contribution >= 0.6 is 22.9 Å². The lowest BCUT2D eigenvalue weighted by Gasteiger charge is -2.21. The summed E-state index contributed by atoms with van der Waals surface area (Å²) in [5.74, 6) is 0. The predicted octanol–water partition coefficient (Wildman–Crippen LogP) is 3.76. The maximum absolute atomic E-state index is 6.38. The van der Waals surface area contributed by atoms with E-state index in [0.717, 1.165) is 39.5 Å². The van der Waals surface area contributed by atoms with Crippen LogP contribution in [0.3, 0.4) is 0 Å². The fourth-order valence-electron chi connectivity index (χ4n) is 2.58. The van der Waals surface area contributed by atoms with Crippen LogP contribution < -0.4 is 5.73 Å². The normalized spacial score (nSPS) is 18.9. The summed E-state index contributed by atoms with van der Waals surface area (Å²) < 4.78 is 1.16. The van der Waals surface area contributed by atoms with E-state index >= 15 is 0 Å². The highest BCUT2D eigenvalue weighted by atomic mass is 35.5. The van der Waals surface area contributed by atoms with E-state index in [1.807, 2.05) is 18.2 Å². The molecule has 2 aromatic rings. The Bertz CT molecular complexity index is 543. The molecule has 3 rings (SSSR count). The van der Waals surface area contributed by atoms with Gasteiger partial charge in [0.1, 0.15) is 0 Å². The second-order valence-electron chi connectivity index (χ2n) is 4.97. The summed E-state index contributed by atoms with van der Waals surface area (Å²) in [4.78, 5) is 4.64. The van der Waals surface area contributed by atoms with Gasteiger partial charge in [0, 0.05) is 17.0 Å². The van der Waals surface area contributed by atoms with E-state index in [9.17, 15) is 0 Å². The van der Waals surface area contributed by atoms with Crippen LogP contribution in [0.2, 0.25) is 5.02 Å². The van der Waals surface area contributed by atoms with Crippen LogP contribution in [0.5, 0.6) is 0 Å². The lowest BCUT2D eigenvalue weighted by atomic mass is 9.95. The number of thiazole rings is 1. The van der Waals surface area contributed by atoms with Crippen molar-refractivity contribution in [3.63, 3.8) is 0 Å². The molecule has 4 heteroatoms. The molecule has 1 aliphatic carbocycles. The van der Waals surface area contributed by atoms with Crippen LogP contribution in [0.4, 0.5) is 0 Å². The second kappa shape index (κ2) is 4.23. The summed E-state index contributed by atoms with van der Waals surface area (Å²) in [6.45, 7) is 0. The molecule has 0 unspecified atom stereocenters. The van der Waals surface area contributed by atoms with Crippen molar-refractivity contribution in [2.75, 3.05) is 0 Å². The third-order valence-corrected chi connectivity index (χ3v) is 4.75. The molecule has 0 atom stereocenters. The average Bonchev–Trinajstić information content (AvgIpc) is 2.84. The first-order valence-electron chi connectivity index (χ1n) is 5.99. The van der Waals surface area contributed by atoms with Gasteiger partial charge < -0.3 is 5.73 Å². The third-order valence-electron chi connectivity index (χ3n) is 3.50. The van der Waals surface area contributed by atoms with Crippen LogP contribution in [-0.4, -0.2) is 10.5 Å². The smallest absolute Gasteiger partial charge is 0.0956 e. The summed E-state index contributed by atoms with van der Waals surface area (Å²) in [5.41, 5.74) is 7.41. The average molecular weight is 267 g/mol. The van der Waals surface area contributed by atoms with Crippen molar-refractivity contribution in [1.29, 1.82) is 0 Å². The van der Waals surface area contributed by atoms with Crippen molar-refractivity contribution in [3.05, 3.63) is 28.2 Å². The Morgan fingerprint density at radius 1 is 1.35 bits per heavy atom. The van der Waals surface area contributed by atoms with E-state index in [-0.39, 0.29) is 5.54 Å². The molecule has 1 aliphatic rings. The van der Waals surface area contributed by atoms with Gasteiger partial charge in [-0.25, -0.2) is 4.98 Å². The molecule has 1 saturated carbocycles. The largest absolute Gasteiger partial charge is 0.325 e. The molecule has 1 heterocycles. The number of rotatable bonds is 2. The zero-order valence-electron chi connectivity index (χ0n) is 9.58. The minimum absolute atomic E-state index is 0.0162. The number of fused-ring (bicyclic) bond motifs is 1. The summed E-state index contributed by atoms with van der Waals surface area (Å²) in [6.07, 6.45) is 5.68. The lowest BCUT2D eigenvalue weighted by molar-refractivity contribution is 0.436. The van der Waals surface area contributed by atoms with Gasteiger partial charge >= 0.3 is 0 Å². The van der Waals surface area contributed by atoms with E-state index in [4.69, 9.17) is 17.3 Å². The first-order valence-corrected chi connectivity index (χ1v) is 7.18. The molecule has 0 saturated heterocycles. The molecule has 2 N–H and O–H groups in total. The van der Waals surface area contributed by atoms with Crippen molar-refractivity contribution >= 4 is 33.2 Å². The molecule has 1 aromatic heterocycles. The molecule has 0 bridgehead atoms. The fourth-order valence-corrected chi connectivity index (χ4v) is 3.98. The number of benzene rings is 1. The van der Waals surface area contributed by atoms with Crippen LogP contribution in [0.15, 0.2) is 18.2 Å². The number of hydrogen-bond acceptors (Lipinski definition) is 3. The minimum Gasteiger partial charge on any atom is -0.325 e. The molecule has 0 aliphatic heterocycles. The standard InChI is InChI=1S/C13H15ClN2S/c14-9-3-4-10-11(7-9)17-12(16-10)8-13(15)5-1-2-6-13/h3-4,7H,1-2,5-6,8,15H2. The highest BCUT2D eigenvalue weighted by molar-refractivity contribution is 7.18. The Morgan fingerprint density at radius 3 is 2.88 bits per heavy atom. The number of nitrogens with two attached hydrogens (primary N) is 1. The Hall–Kier alpha value is -0.640. The van der Waals surface area contributed by atoms with Crippen LogP contribution in [0.25, 0.3) is 10.2 Å². The number of halogens is 1. The SMILES string of the molecule is NC1(Cc2nc3ccc(Cl)cc3s2)CCCC1. The summed E-state index contributed by atoms with van der Waals surface area (Å²) in [5, 5.41) is 1.92. The monoisotopic (exact) mass is 266 g/mol. The highest BCUT2D eigenvalue weighted by Gasteiger charge is 2.30.